The Kier molecular flexibility index (Phi) is 5.62. The fourth-order valence-electron chi connectivity index (χ4n) is 4.47. The van der Waals surface area contributed by atoms with Crippen LogP contribution in [-0.4, -0.2) is 63.1 Å². The number of carbonyl (C=O) groups excluding carboxylic acids is 1. The summed E-state index contributed by atoms with van der Waals surface area (Å²) in [6, 6.07) is 2.15. The summed E-state index contributed by atoms with van der Waals surface area (Å²) < 4.78 is 1.54. The van der Waals surface area contributed by atoms with Gasteiger partial charge in [0.1, 0.15) is 12.0 Å². The van der Waals surface area contributed by atoms with Gasteiger partial charge in [-0.3, -0.25) is 9.69 Å². The van der Waals surface area contributed by atoms with Crippen LogP contribution in [-0.2, 0) is 0 Å². The minimum absolute atomic E-state index is 0.0832. The molecule has 0 saturated heterocycles. The van der Waals surface area contributed by atoms with E-state index in [1.165, 1.54) is 22.4 Å². The van der Waals surface area contributed by atoms with Crippen molar-refractivity contribution in [3.8, 4) is 5.95 Å². The van der Waals surface area contributed by atoms with Gasteiger partial charge in [0.2, 0.25) is 0 Å². The highest BCUT2D eigenvalue weighted by molar-refractivity contribution is 5.92. The van der Waals surface area contributed by atoms with Crippen LogP contribution in [0, 0.1) is 0 Å². The van der Waals surface area contributed by atoms with E-state index in [1.807, 2.05) is 4.90 Å². The first-order valence-corrected chi connectivity index (χ1v) is 10.6. The molecule has 31 heavy (non-hydrogen) atoms. The Morgan fingerprint density at radius 2 is 2.13 bits per heavy atom. The van der Waals surface area contributed by atoms with E-state index >= 15 is 0 Å². The minimum atomic E-state index is -0.169. The average molecular weight is 424 g/mol. The SMILES string of the molecule is C=C1[C@@H](CC)N(C2CCCC2)c2nc(-n3ccc(C(=O)N(C)C)n3)ncc2N1/C=N\N. The average Bonchev–Trinajstić information content (AvgIpc) is 3.46. The predicted molar refractivity (Wildman–Crippen MR) is 120 cm³/mol. The molecule has 1 aliphatic carbocycles. The van der Waals surface area contributed by atoms with Crippen molar-refractivity contribution in [2.45, 2.75) is 51.1 Å². The van der Waals surface area contributed by atoms with E-state index in [2.05, 4.69) is 33.6 Å². The van der Waals surface area contributed by atoms with Crippen LogP contribution in [0.25, 0.3) is 5.95 Å². The Morgan fingerprint density at radius 1 is 1.39 bits per heavy atom. The van der Waals surface area contributed by atoms with Gasteiger partial charge in [-0.15, -0.1) is 0 Å². The molecule has 1 aliphatic heterocycles. The lowest BCUT2D eigenvalue weighted by Crippen LogP contribution is -2.51. The number of nitrogens with zero attached hydrogens (tertiary/aromatic N) is 8. The summed E-state index contributed by atoms with van der Waals surface area (Å²) in [6.45, 7) is 6.48. The van der Waals surface area contributed by atoms with E-state index in [9.17, 15) is 4.79 Å². The number of amides is 1. The zero-order valence-corrected chi connectivity index (χ0v) is 18.3. The monoisotopic (exact) mass is 423 g/mol. The summed E-state index contributed by atoms with van der Waals surface area (Å²) in [7, 11) is 3.39. The quantitative estimate of drug-likeness (QED) is 0.340. The highest BCUT2D eigenvalue weighted by Gasteiger charge is 2.39. The van der Waals surface area contributed by atoms with Crippen LogP contribution >= 0.6 is 0 Å². The van der Waals surface area contributed by atoms with Crippen LogP contribution in [0.2, 0.25) is 0 Å². The fraction of sp³-hybridized carbons (Fsp3) is 0.476. The van der Waals surface area contributed by atoms with E-state index in [1.54, 1.807) is 38.9 Å². The number of anilines is 2. The standard InChI is InChI=1S/C21H29N9O/c1-5-17-14(2)28(13-24-22)18-12-23-21(25-19(18)30(17)15-8-6-7-9-15)29-11-10-16(26-29)20(31)27(3)4/h10-13,15,17H,2,5-9,22H2,1,3-4H3/b24-13-/t17-/m1/s1. The summed E-state index contributed by atoms with van der Waals surface area (Å²) in [5, 5.41) is 8.11. The molecule has 2 aromatic rings. The molecule has 10 nitrogen and oxygen atoms in total. The molecule has 2 N–H and O–H groups in total. The lowest BCUT2D eigenvalue weighted by molar-refractivity contribution is 0.0821. The zero-order valence-electron chi connectivity index (χ0n) is 18.3. The van der Waals surface area contributed by atoms with E-state index in [-0.39, 0.29) is 11.9 Å². The van der Waals surface area contributed by atoms with Crippen LogP contribution in [0.15, 0.2) is 35.8 Å². The molecule has 3 heterocycles. The first-order chi connectivity index (χ1) is 15.0. The second-order valence-electron chi connectivity index (χ2n) is 8.12. The molecule has 0 spiro atoms. The van der Waals surface area contributed by atoms with Crippen LogP contribution < -0.4 is 15.6 Å². The molecule has 4 rings (SSSR count). The van der Waals surface area contributed by atoms with Crippen molar-refractivity contribution < 1.29 is 4.79 Å². The summed E-state index contributed by atoms with van der Waals surface area (Å²) in [5.74, 6) is 6.53. The second-order valence-corrected chi connectivity index (χ2v) is 8.12. The number of hydrazone groups is 1. The van der Waals surface area contributed by atoms with Crippen molar-refractivity contribution in [2.24, 2.45) is 10.9 Å². The maximum atomic E-state index is 12.2. The fourth-order valence-corrected chi connectivity index (χ4v) is 4.47. The molecule has 0 radical (unpaired) electrons. The first-order valence-electron chi connectivity index (χ1n) is 10.6. The Hall–Kier alpha value is -3.43. The zero-order chi connectivity index (χ0) is 22.1. The summed E-state index contributed by atoms with van der Waals surface area (Å²) in [5.41, 5.74) is 2.04. The number of hydrogen-bond donors (Lipinski definition) is 1. The topological polar surface area (TPSA) is 109 Å². The molecule has 2 aliphatic rings. The molecular formula is C21H29N9O. The number of aromatic nitrogens is 4. The van der Waals surface area contributed by atoms with Crippen molar-refractivity contribution in [1.29, 1.82) is 0 Å². The first kappa shape index (κ1) is 20.8. The molecule has 164 valence electrons. The molecule has 1 fully saturated rings. The number of carbonyl (C=O) groups is 1. The summed E-state index contributed by atoms with van der Waals surface area (Å²) in [6.07, 6.45) is 10.5. The molecule has 0 aromatic carbocycles. The van der Waals surface area contributed by atoms with Crippen LogP contribution in [0.1, 0.15) is 49.5 Å². The van der Waals surface area contributed by atoms with Crippen molar-refractivity contribution >= 4 is 23.8 Å². The van der Waals surface area contributed by atoms with E-state index in [0.717, 1.165) is 36.5 Å². The minimum Gasteiger partial charge on any atom is -0.343 e. The molecule has 1 atom stereocenters. The van der Waals surface area contributed by atoms with Gasteiger partial charge < -0.3 is 15.6 Å². The van der Waals surface area contributed by atoms with Gasteiger partial charge >= 0.3 is 0 Å². The maximum absolute atomic E-state index is 12.2. The van der Waals surface area contributed by atoms with Crippen molar-refractivity contribution in [1.82, 2.24) is 24.6 Å². The Morgan fingerprint density at radius 3 is 2.77 bits per heavy atom. The summed E-state index contributed by atoms with van der Waals surface area (Å²) in [4.78, 5) is 27.4. The van der Waals surface area contributed by atoms with Gasteiger partial charge in [0.25, 0.3) is 11.9 Å². The largest absolute Gasteiger partial charge is 0.343 e. The third-order valence-corrected chi connectivity index (χ3v) is 5.98. The van der Waals surface area contributed by atoms with E-state index in [0.29, 0.717) is 17.7 Å². The number of hydrogen-bond acceptors (Lipinski definition) is 7. The van der Waals surface area contributed by atoms with E-state index < -0.39 is 0 Å². The number of fused-ring (bicyclic) bond motifs is 1. The smallest absolute Gasteiger partial charge is 0.273 e. The highest BCUT2D eigenvalue weighted by atomic mass is 16.2. The van der Waals surface area contributed by atoms with Crippen LogP contribution in [0.4, 0.5) is 11.5 Å². The lowest BCUT2D eigenvalue weighted by atomic mass is 10.0. The Balaban J connectivity index is 1.81. The van der Waals surface area contributed by atoms with Gasteiger partial charge in [-0.1, -0.05) is 26.3 Å². The highest BCUT2D eigenvalue weighted by Crippen LogP contribution is 2.42. The van der Waals surface area contributed by atoms with Crippen molar-refractivity contribution in [3.63, 3.8) is 0 Å². The van der Waals surface area contributed by atoms with Crippen molar-refractivity contribution in [3.05, 3.63) is 36.4 Å². The molecular weight excluding hydrogens is 394 g/mol. The number of nitrogens with two attached hydrogens (primary N) is 1. The van der Waals surface area contributed by atoms with Gasteiger partial charge in [-0.2, -0.15) is 15.2 Å². The Bertz CT molecular complexity index is 1010. The number of rotatable bonds is 5. The Labute approximate surface area is 182 Å². The maximum Gasteiger partial charge on any atom is 0.273 e. The normalized spacial score (nSPS) is 19.3. The van der Waals surface area contributed by atoms with Gasteiger partial charge in [-0.05, 0) is 25.3 Å². The predicted octanol–water partition coefficient (Wildman–Crippen LogP) is 2.13. The molecule has 10 heteroatoms. The third-order valence-electron chi connectivity index (χ3n) is 5.98. The van der Waals surface area contributed by atoms with E-state index in [4.69, 9.17) is 10.8 Å². The van der Waals surface area contributed by atoms with Crippen LogP contribution in [0.5, 0.6) is 0 Å². The third kappa shape index (κ3) is 3.62. The van der Waals surface area contributed by atoms with Gasteiger partial charge in [-0.25, -0.2) is 9.67 Å². The van der Waals surface area contributed by atoms with Crippen LogP contribution in [0.3, 0.4) is 0 Å². The molecule has 2 aromatic heterocycles. The van der Waals surface area contributed by atoms with Gasteiger partial charge in [0.15, 0.2) is 11.5 Å². The summed E-state index contributed by atoms with van der Waals surface area (Å²) >= 11 is 0. The second kappa shape index (κ2) is 8.37. The molecule has 0 unspecified atom stereocenters. The lowest BCUT2D eigenvalue weighted by Gasteiger charge is -2.46. The van der Waals surface area contributed by atoms with Gasteiger partial charge in [0, 0.05) is 32.0 Å². The molecule has 1 amide bonds. The molecule has 1 saturated carbocycles. The van der Waals surface area contributed by atoms with Gasteiger partial charge in [0.05, 0.1) is 12.2 Å². The van der Waals surface area contributed by atoms with Crippen molar-refractivity contribution in [2.75, 3.05) is 23.9 Å². The molecule has 0 bridgehead atoms.